The molecule has 0 aliphatic carbocycles. The number of thiophene rings is 1. The highest BCUT2D eigenvalue weighted by Crippen LogP contribution is 2.43. The monoisotopic (exact) mass is 623 g/mol. The number of hydrogen-bond acceptors (Lipinski definition) is 6. The molecule has 210 valence electrons. The first-order valence-corrected chi connectivity index (χ1v) is 13.0. The van der Waals surface area contributed by atoms with Crippen LogP contribution < -0.4 is 15.8 Å². The first-order valence-electron chi connectivity index (χ1n) is 11.4. The van der Waals surface area contributed by atoms with E-state index in [-0.39, 0.29) is 60.1 Å². The summed E-state index contributed by atoms with van der Waals surface area (Å²) in [5, 5.41) is 7.22. The van der Waals surface area contributed by atoms with E-state index in [4.69, 9.17) is 33.7 Å². The van der Waals surface area contributed by atoms with Crippen LogP contribution in [0.5, 0.6) is 5.75 Å². The molecule has 0 atom stereocenters. The second kappa shape index (κ2) is 11.0. The maximum absolute atomic E-state index is 13.7. The number of rotatable bonds is 7. The summed E-state index contributed by atoms with van der Waals surface area (Å²) in [7, 11) is 0. The van der Waals surface area contributed by atoms with E-state index in [0.29, 0.717) is 11.3 Å². The molecule has 3 heterocycles. The van der Waals surface area contributed by atoms with E-state index in [1.54, 1.807) is 18.2 Å². The van der Waals surface area contributed by atoms with Gasteiger partial charge in [0.25, 0.3) is 11.8 Å². The molecule has 0 saturated heterocycles. The number of aromatic nitrogens is 3. The minimum absolute atomic E-state index is 0.0212. The van der Waals surface area contributed by atoms with Gasteiger partial charge in [-0.05, 0) is 47.5 Å². The van der Waals surface area contributed by atoms with Crippen LogP contribution in [-0.4, -0.2) is 26.6 Å². The van der Waals surface area contributed by atoms with Crippen molar-refractivity contribution in [2.45, 2.75) is 12.9 Å². The van der Waals surface area contributed by atoms with Gasteiger partial charge in [0, 0.05) is 11.6 Å². The van der Waals surface area contributed by atoms with Crippen LogP contribution in [0.4, 0.5) is 23.2 Å². The van der Waals surface area contributed by atoms with Gasteiger partial charge in [-0.2, -0.15) is 18.3 Å². The molecule has 0 aliphatic heterocycles. The highest BCUT2D eigenvalue weighted by atomic mass is 35.5. The minimum atomic E-state index is -4.83. The van der Waals surface area contributed by atoms with E-state index >= 15 is 0 Å². The number of benzene rings is 2. The maximum Gasteiger partial charge on any atom is 0.433 e. The van der Waals surface area contributed by atoms with Crippen LogP contribution in [0.25, 0.3) is 21.3 Å². The summed E-state index contributed by atoms with van der Waals surface area (Å²) in [6.07, 6.45) is -3.39. The van der Waals surface area contributed by atoms with Gasteiger partial charge < -0.3 is 15.8 Å². The van der Waals surface area contributed by atoms with Crippen molar-refractivity contribution < 1.29 is 31.9 Å². The summed E-state index contributed by atoms with van der Waals surface area (Å²) in [4.78, 5) is 28.7. The number of hydrogen-bond donors (Lipinski definition) is 2. The minimum Gasteiger partial charge on any atom is -0.468 e. The lowest BCUT2D eigenvalue weighted by Gasteiger charge is -2.12. The quantitative estimate of drug-likeness (QED) is 0.189. The number of carbonyl (C=O) groups excluding carboxylic acids is 2. The molecule has 0 aliphatic rings. The zero-order valence-corrected chi connectivity index (χ0v) is 22.6. The number of nitrogens with zero attached hydrogens (tertiary/aromatic N) is 3. The van der Waals surface area contributed by atoms with Crippen molar-refractivity contribution in [1.82, 2.24) is 14.8 Å². The number of pyridine rings is 1. The van der Waals surface area contributed by atoms with Gasteiger partial charge in [-0.15, -0.1) is 11.3 Å². The third-order valence-corrected chi connectivity index (χ3v) is 7.40. The lowest BCUT2D eigenvalue weighted by atomic mass is 10.0. The smallest absolute Gasteiger partial charge is 0.433 e. The fraction of sp³-hybridized carbons (Fsp3) is 0.0769. The predicted molar refractivity (Wildman–Crippen MR) is 146 cm³/mol. The number of alkyl halides is 3. The molecule has 3 aromatic heterocycles. The number of carbonyl (C=O) groups is 2. The molecule has 0 spiro atoms. The fourth-order valence-electron chi connectivity index (χ4n) is 3.88. The standard InChI is InChI=1S/C26H15Cl2F4N5O3S/c27-15-2-1-3-16(28)21(15)40-11-37-9-8-17(36-37)24(39)35-20-19-14(12-4-6-13(29)7-5-12)10-18(26(30,31)32)34-25(19)41-22(20)23(33)38/h1-10H,11H2,(H2,33,38)(H,35,39). The third kappa shape index (κ3) is 5.82. The van der Waals surface area contributed by atoms with Crippen LogP contribution in [0.3, 0.4) is 0 Å². The number of anilines is 1. The van der Waals surface area contributed by atoms with Gasteiger partial charge in [-0.1, -0.05) is 41.4 Å². The van der Waals surface area contributed by atoms with Gasteiger partial charge in [0.15, 0.2) is 18.2 Å². The van der Waals surface area contributed by atoms with Crippen LogP contribution in [-0.2, 0) is 12.9 Å². The zero-order valence-electron chi connectivity index (χ0n) is 20.3. The summed E-state index contributed by atoms with van der Waals surface area (Å²) in [5.41, 5.74) is 4.15. The predicted octanol–water partition coefficient (Wildman–Crippen LogP) is 7.01. The highest BCUT2D eigenvalue weighted by molar-refractivity contribution is 7.21. The van der Waals surface area contributed by atoms with Crippen LogP contribution in [0.1, 0.15) is 25.9 Å². The summed E-state index contributed by atoms with van der Waals surface area (Å²) in [6, 6.07) is 11.6. The molecule has 3 N–H and O–H groups in total. The molecule has 5 rings (SSSR count). The van der Waals surface area contributed by atoms with Crippen LogP contribution in [0.15, 0.2) is 60.8 Å². The van der Waals surface area contributed by atoms with Gasteiger partial charge in [-0.25, -0.2) is 14.1 Å². The molecule has 0 fully saturated rings. The molecule has 2 aromatic carbocycles. The molecule has 41 heavy (non-hydrogen) atoms. The number of halogens is 6. The summed E-state index contributed by atoms with van der Waals surface area (Å²) in [5.74, 6) is -2.19. The number of nitrogens with one attached hydrogen (secondary N) is 1. The Morgan fingerprint density at radius 1 is 1.07 bits per heavy atom. The van der Waals surface area contributed by atoms with Crippen molar-refractivity contribution in [3.05, 3.63) is 92.9 Å². The Balaban J connectivity index is 1.52. The van der Waals surface area contributed by atoms with E-state index < -0.39 is 29.5 Å². The molecule has 0 radical (unpaired) electrons. The Morgan fingerprint density at radius 3 is 2.39 bits per heavy atom. The van der Waals surface area contributed by atoms with Gasteiger partial charge in [-0.3, -0.25) is 9.59 Å². The second-order valence-corrected chi connectivity index (χ2v) is 10.2. The van der Waals surface area contributed by atoms with Crippen molar-refractivity contribution in [2.24, 2.45) is 5.73 Å². The Kier molecular flexibility index (Phi) is 7.60. The van der Waals surface area contributed by atoms with Gasteiger partial charge in [0.1, 0.15) is 21.2 Å². The van der Waals surface area contributed by atoms with Gasteiger partial charge in [0.05, 0.1) is 15.7 Å². The summed E-state index contributed by atoms with van der Waals surface area (Å²) in [6.45, 7) is -0.163. The maximum atomic E-state index is 13.7. The number of ether oxygens (including phenoxy) is 1. The second-order valence-electron chi connectivity index (χ2n) is 8.43. The SMILES string of the molecule is NC(=O)c1sc2nc(C(F)(F)F)cc(-c3ccc(F)cc3)c2c1NC(=O)c1ccn(COc2c(Cl)cccc2Cl)n1. The van der Waals surface area contributed by atoms with Gasteiger partial charge >= 0.3 is 6.18 Å². The number of primary amides is 1. The van der Waals surface area contributed by atoms with Crippen molar-refractivity contribution in [3.63, 3.8) is 0 Å². The van der Waals surface area contributed by atoms with E-state index in [0.717, 1.165) is 18.2 Å². The number of nitrogens with two attached hydrogens (primary N) is 1. The summed E-state index contributed by atoms with van der Waals surface area (Å²) >= 11 is 12.8. The van der Waals surface area contributed by atoms with E-state index in [9.17, 15) is 27.2 Å². The zero-order chi connectivity index (χ0) is 29.5. The van der Waals surface area contributed by atoms with Crippen LogP contribution in [0, 0.1) is 5.82 Å². The van der Waals surface area contributed by atoms with Gasteiger partial charge in [0.2, 0.25) is 0 Å². The van der Waals surface area contributed by atoms with Crippen LogP contribution >= 0.6 is 34.5 Å². The van der Waals surface area contributed by atoms with Crippen molar-refractivity contribution in [2.75, 3.05) is 5.32 Å². The van der Waals surface area contributed by atoms with E-state index in [1.807, 2.05) is 0 Å². The van der Waals surface area contributed by atoms with E-state index in [2.05, 4.69) is 15.4 Å². The molecule has 0 bridgehead atoms. The Hall–Kier alpha value is -4.20. The van der Waals surface area contributed by atoms with Crippen molar-refractivity contribution in [1.29, 1.82) is 0 Å². The molecule has 5 aromatic rings. The normalized spacial score (nSPS) is 11.6. The molecule has 15 heteroatoms. The Labute approximate surface area is 242 Å². The molecule has 8 nitrogen and oxygen atoms in total. The number of fused-ring (bicyclic) bond motifs is 1. The molecular weight excluding hydrogens is 609 g/mol. The topological polar surface area (TPSA) is 112 Å². The van der Waals surface area contributed by atoms with Crippen molar-refractivity contribution in [3.8, 4) is 16.9 Å². The van der Waals surface area contributed by atoms with Crippen LogP contribution in [0.2, 0.25) is 10.0 Å². The first-order chi connectivity index (χ1) is 19.4. The molecule has 2 amide bonds. The Morgan fingerprint density at radius 2 is 1.76 bits per heavy atom. The fourth-order valence-corrected chi connectivity index (χ4v) is 5.39. The average molecular weight is 624 g/mol. The summed E-state index contributed by atoms with van der Waals surface area (Å²) < 4.78 is 61.5. The molecule has 0 saturated carbocycles. The van der Waals surface area contributed by atoms with Crippen molar-refractivity contribution >= 4 is 62.3 Å². The largest absolute Gasteiger partial charge is 0.468 e. The molecule has 0 unspecified atom stereocenters. The van der Waals surface area contributed by atoms with E-state index in [1.165, 1.54) is 29.1 Å². The third-order valence-electron chi connectivity index (χ3n) is 5.70. The number of para-hydroxylation sites is 1. The number of amides is 2. The molecular formula is C26H15Cl2F4N5O3S. The lowest BCUT2D eigenvalue weighted by Crippen LogP contribution is -2.18. The average Bonchev–Trinajstić information content (AvgIpc) is 3.53. The lowest BCUT2D eigenvalue weighted by molar-refractivity contribution is -0.140. The Bertz CT molecular complexity index is 1790. The highest BCUT2D eigenvalue weighted by Gasteiger charge is 2.35. The first kappa shape index (κ1) is 28.3.